The molecule has 116 valence electrons. The van der Waals surface area contributed by atoms with Crippen molar-refractivity contribution >= 4 is 5.91 Å². The molecule has 5 nitrogen and oxygen atoms in total. The van der Waals surface area contributed by atoms with Crippen LogP contribution >= 0.6 is 0 Å². The first-order valence-electron chi connectivity index (χ1n) is 7.91. The van der Waals surface area contributed by atoms with Crippen molar-refractivity contribution in [2.45, 2.75) is 38.1 Å². The molecule has 0 spiro atoms. The Morgan fingerprint density at radius 1 is 1.36 bits per heavy atom. The Morgan fingerprint density at radius 2 is 2.27 bits per heavy atom. The average Bonchev–Trinajstić information content (AvgIpc) is 2.99. The van der Waals surface area contributed by atoms with Gasteiger partial charge in [-0.05, 0) is 42.9 Å². The van der Waals surface area contributed by atoms with Crippen LogP contribution in [0.1, 0.15) is 42.9 Å². The summed E-state index contributed by atoms with van der Waals surface area (Å²) in [5, 5.41) is 4.15. The van der Waals surface area contributed by atoms with E-state index in [0.29, 0.717) is 6.42 Å². The molecule has 2 aromatic rings. The van der Waals surface area contributed by atoms with E-state index in [9.17, 15) is 4.79 Å². The van der Waals surface area contributed by atoms with Gasteiger partial charge in [0.05, 0.1) is 12.2 Å². The quantitative estimate of drug-likeness (QED) is 0.871. The SMILES string of the molecule is Cn1cc(CCC(=O)N2CCCC[C@H]2c2cccnc2)cn1. The van der Waals surface area contributed by atoms with Crippen molar-refractivity contribution in [3.05, 3.63) is 48.0 Å². The standard InChI is InChI=1S/C17H22N4O/c1-20-13-14(11-19-20)7-8-17(22)21-10-3-2-6-16(21)15-5-4-9-18-12-15/h4-5,9,11-13,16H,2-3,6-8,10H2,1H3/t16-/m0/s1. The van der Waals surface area contributed by atoms with Crippen molar-refractivity contribution < 1.29 is 4.79 Å². The number of rotatable bonds is 4. The van der Waals surface area contributed by atoms with E-state index in [1.807, 2.05) is 36.6 Å². The number of nitrogens with zero attached hydrogens (tertiary/aromatic N) is 4. The van der Waals surface area contributed by atoms with Crippen LogP contribution in [0.3, 0.4) is 0 Å². The number of hydrogen-bond acceptors (Lipinski definition) is 3. The first-order valence-corrected chi connectivity index (χ1v) is 7.91. The van der Waals surface area contributed by atoms with Crippen LogP contribution < -0.4 is 0 Å². The first kappa shape index (κ1) is 14.8. The van der Waals surface area contributed by atoms with Gasteiger partial charge in [0.25, 0.3) is 0 Å². The second-order valence-corrected chi connectivity index (χ2v) is 5.91. The van der Waals surface area contributed by atoms with Gasteiger partial charge < -0.3 is 4.90 Å². The lowest BCUT2D eigenvalue weighted by atomic mass is 9.95. The van der Waals surface area contributed by atoms with Gasteiger partial charge in [-0.1, -0.05) is 6.07 Å². The maximum absolute atomic E-state index is 12.6. The number of aromatic nitrogens is 3. The molecule has 3 rings (SSSR count). The molecule has 1 fully saturated rings. The van der Waals surface area contributed by atoms with Crippen molar-refractivity contribution in [3.63, 3.8) is 0 Å². The van der Waals surface area contributed by atoms with Crippen molar-refractivity contribution in [1.29, 1.82) is 0 Å². The summed E-state index contributed by atoms with van der Waals surface area (Å²) in [4.78, 5) is 18.9. The van der Waals surface area contributed by atoms with Crippen molar-refractivity contribution in [2.75, 3.05) is 6.54 Å². The van der Waals surface area contributed by atoms with E-state index >= 15 is 0 Å². The van der Waals surface area contributed by atoms with Crippen LogP contribution in [0.25, 0.3) is 0 Å². The number of piperidine rings is 1. The Labute approximate surface area is 131 Å². The molecule has 0 radical (unpaired) electrons. The molecule has 1 amide bonds. The van der Waals surface area contributed by atoms with Gasteiger partial charge in [0.15, 0.2) is 0 Å². The molecular formula is C17H22N4O. The van der Waals surface area contributed by atoms with Crippen LogP contribution in [-0.2, 0) is 18.3 Å². The van der Waals surface area contributed by atoms with Crippen LogP contribution in [-0.4, -0.2) is 32.1 Å². The second-order valence-electron chi connectivity index (χ2n) is 5.91. The van der Waals surface area contributed by atoms with E-state index in [-0.39, 0.29) is 11.9 Å². The fraction of sp³-hybridized carbons (Fsp3) is 0.471. The van der Waals surface area contributed by atoms with E-state index in [0.717, 1.165) is 36.9 Å². The van der Waals surface area contributed by atoms with E-state index < -0.39 is 0 Å². The summed E-state index contributed by atoms with van der Waals surface area (Å²) in [6.07, 6.45) is 12.1. The maximum atomic E-state index is 12.6. The smallest absolute Gasteiger partial charge is 0.223 e. The number of aryl methyl sites for hydroxylation is 2. The molecule has 22 heavy (non-hydrogen) atoms. The summed E-state index contributed by atoms with van der Waals surface area (Å²) in [6, 6.07) is 4.20. The summed E-state index contributed by atoms with van der Waals surface area (Å²) < 4.78 is 1.78. The van der Waals surface area contributed by atoms with Gasteiger partial charge in [-0.3, -0.25) is 14.5 Å². The molecule has 0 unspecified atom stereocenters. The topological polar surface area (TPSA) is 51.0 Å². The molecule has 1 saturated heterocycles. The molecule has 0 aliphatic carbocycles. The molecule has 0 aromatic carbocycles. The Kier molecular flexibility index (Phi) is 4.51. The number of pyridine rings is 1. The third kappa shape index (κ3) is 3.35. The van der Waals surface area contributed by atoms with Gasteiger partial charge in [-0.25, -0.2) is 0 Å². The van der Waals surface area contributed by atoms with Gasteiger partial charge in [-0.2, -0.15) is 5.10 Å². The molecule has 1 aliphatic heterocycles. The van der Waals surface area contributed by atoms with Crippen molar-refractivity contribution in [3.8, 4) is 0 Å². The highest BCUT2D eigenvalue weighted by Crippen LogP contribution is 2.31. The summed E-state index contributed by atoms with van der Waals surface area (Å²) in [6.45, 7) is 0.853. The number of hydrogen-bond donors (Lipinski definition) is 0. The van der Waals surface area contributed by atoms with Gasteiger partial charge in [0.1, 0.15) is 0 Å². The monoisotopic (exact) mass is 298 g/mol. The zero-order chi connectivity index (χ0) is 15.4. The number of carbonyl (C=O) groups is 1. The van der Waals surface area contributed by atoms with E-state index in [1.165, 1.54) is 6.42 Å². The normalized spacial score (nSPS) is 18.4. The number of likely N-dealkylation sites (tertiary alicyclic amines) is 1. The second kappa shape index (κ2) is 6.73. The zero-order valence-electron chi connectivity index (χ0n) is 13.0. The largest absolute Gasteiger partial charge is 0.336 e. The van der Waals surface area contributed by atoms with E-state index in [4.69, 9.17) is 0 Å². The molecule has 1 atom stereocenters. The molecule has 5 heteroatoms. The summed E-state index contributed by atoms with van der Waals surface area (Å²) >= 11 is 0. The van der Waals surface area contributed by atoms with E-state index in [1.54, 1.807) is 10.9 Å². The molecule has 0 saturated carbocycles. The van der Waals surface area contributed by atoms with Gasteiger partial charge in [-0.15, -0.1) is 0 Å². The van der Waals surface area contributed by atoms with Crippen LogP contribution in [0.5, 0.6) is 0 Å². The zero-order valence-corrected chi connectivity index (χ0v) is 13.0. The summed E-state index contributed by atoms with van der Waals surface area (Å²) in [5.74, 6) is 0.234. The highest BCUT2D eigenvalue weighted by Gasteiger charge is 2.27. The fourth-order valence-corrected chi connectivity index (χ4v) is 3.15. The number of carbonyl (C=O) groups excluding carboxylic acids is 1. The lowest BCUT2D eigenvalue weighted by Crippen LogP contribution is -2.38. The number of amides is 1. The third-order valence-electron chi connectivity index (χ3n) is 4.28. The molecule has 1 aliphatic rings. The minimum absolute atomic E-state index is 0.184. The lowest BCUT2D eigenvalue weighted by molar-refractivity contribution is -0.135. The van der Waals surface area contributed by atoms with Crippen LogP contribution in [0, 0.1) is 0 Å². The van der Waals surface area contributed by atoms with Crippen LogP contribution in [0.2, 0.25) is 0 Å². The summed E-state index contributed by atoms with van der Waals surface area (Å²) in [5.41, 5.74) is 2.27. The first-order chi connectivity index (χ1) is 10.7. The van der Waals surface area contributed by atoms with Crippen molar-refractivity contribution in [1.82, 2.24) is 19.7 Å². The van der Waals surface area contributed by atoms with E-state index in [2.05, 4.69) is 16.1 Å². The maximum Gasteiger partial charge on any atom is 0.223 e. The van der Waals surface area contributed by atoms with Gasteiger partial charge in [0, 0.05) is 38.6 Å². The Morgan fingerprint density at radius 3 is 3.00 bits per heavy atom. The Hall–Kier alpha value is -2.17. The van der Waals surface area contributed by atoms with Gasteiger partial charge in [0.2, 0.25) is 5.91 Å². The predicted molar refractivity (Wildman–Crippen MR) is 84.1 cm³/mol. The Bertz CT molecular complexity index is 623. The molecule has 0 N–H and O–H groups in total. The average molecular weight is 298 g/mol. The molecule has 2 aromatic heterocycles. The molecule has 0 bridgehead atoms. The third-order valence-corrected chi connectivity index (χ3v) is 4.28. The lowest BCUT2D eigenvalue weighted by Gasteiger charge is -2.36. The minimum Gasteiger partial charge on any atom is -0.336 e. The van der Waals surface area contributed by atoms with Crippen LogP contribution in [0.4, 0.5) is 0 Å². The Balaban J connectivity index is 1.66. The summed E-state index contributed by atoms with van der Waals surface area (Å²) in [7, 11) is 1.90. The minimum atomic E-state index is 0.184. The fourth-order valence-electron chi connectivity index (χ4n) is 3.15. The van der Waals surface area contributed by atoms with Crippen molar-refractivity contribution in [2.24, 2.45) is 7.05 Å². The molecular weight excluding hydrogens is 276 g/mol. The van der Waals surface area contributed by atoms with Crippen LogP contribution in [0.15, 0.2) is 36.9 Å². The van der Waals surface area contributed by atoms with Gasteiger partial charge >= 0.3 is 0 Å². The predicted octanol–water partition coefficient (Wildman–Crippen LogP) is 2.50. The highest BCUT2D eigenvalue weighted by atomic mass is 16.2. The highest BCUT2D eigenvalue weighted by molar-refractivity contribution is 5.77. The molecule has 3 heterocycles.